The van der Waals surface area contributed by atoms with E-state index in [-0.39, 0.29) is 5.97 Å². The Morgan fingerprint density at radius 1 is 1.33 bits per heavy atom. The number of hydrogen-bond donors (Lipinski definition) is 1. The van der Waals surface area contributed by atoms with Gasteiger partial charge in [-0.15, -0.1) is 0 Å². The van der Waals surface area contributed by atoms with E-state index in [9.17, 15) is 4.79 Å². The molecule has 1 heterocycles. The minimum absolute atomic E-state index is 0.362. The lowest BCUT2D eigenvalue weighted by Gasteiger charge is -2.22. The number of carbonyl (C=O) groups is 1. The van der Waals surface area contributed by atoms with Crippen LogP contribution in [0.2, 0.25) is 0 Å². The van der Waals surface area contributed by atoms with Gasteiger partial charge in [-0.2, -0.15) is 0 Å². The number of nitrogens with zero attached hydrogens (tertiary/aromatic N) is 2. The standard InChI is InChI=1S/C16H19N3O2/c1-3-19(11-12-5-4-6-14(17)9-12)15-10-13(7-8-18-15)16(20)21-2/h4-10H,3,11,17H2,1-2H3. The number of nitrogens with two attached hydrogens (primary N) is 1. The molecule has 2 aromatic rings. The number of aromatic nitrogens is 1. The maximum absolute atomic E-state index is 11.6. The van der Waals surface area contributed by atoms with Crippen LogP contribution in [0.3, 0.4) is 0 Å². The highest BCUT2D eigenvalue weighted by Crippen LogP contribution is 2.17. The largest absolute Gasteiger partial charge is 0.465 e. The zero-order chi connectivity index (χ0) is 15.2. The Labute approximate surface area is 124 Å². The summed E-state index contributed by atoms with van der Waals surface area (Å²) < 4.78 is 4.74. The smallest absolute Gasteiger partial charge is 0.338 e. The van der Waals surface area contributed by atoms with Gasteiger partial charge in [0.2, 0.25) is 0 Å². The molecule has 5 heteroatoms. The monoisotopic (exact) mass is 285 g/mol. The van der Waals surface area contributed by atoms with Crippen LogP contribution in [-0.4, -0.2) is 24.6 Å². The highest BCUT2D eigenvalue weighted by Gasteiger charge is 2.11. The Morgan fingerprint density at radius 2 is 2.14 bits per heavy atom. The topological polar surface area (TPSA) is 68.5 Å². The number of methoxy groups -OCH3 is 1. The minimum Gasteiger partial charge on any atom is -0.465 e. The maximum Gasteiger partial charge on any atom is 0.338 e. The van der Waals surface area contributed by atoms with Crippen molar-refractivity contribution in [3.63, 3.8) is 0 Å². The van der Waals surface area contributed by atoms with Crippen LogP contribution in [-0.2, 0) is 11.3 Å². The van der Waals surface area contributed by atoms with Crippen LogP contribution in [0.1, 0.15) is 22.8 Å². The fraction of sp³-hybridized carbons (Fsp3) is 0.250. The Morgan fingerprint density at radius 3 is 2.81 bits per heavy atom. The van der Waals surface area contributed by atoms with Crippen LogP contribution in [0.4, 0.5) is 11.5 Å². The minimum atomic E-state index is -0.362. The van der Waals surface area contributed by atoms with E-state index >= 15 is 0 Å². The highest BCUT2D eigenvalue weighted by atomic mass is 16.5. The number of esters is 1. The fourth-order valence-corrected chi connectivity index (χ4v) is 2.10. The second-order valence-electron chi connectivity index (χ2n) is 4.65. The first-order valence-electron chi connectivity index (χ1n) is 6.77. The van der Waals surface area contributed by atoms with Gasteiger partial charge in [0, 0.05) is 25.0 Å². The SMILES string of the molecule is CCN(Cc1cccc(N)c1)c1cc(C(=O)OC)ccn1. The lowest BCUT2D eigenvalue weighted by Crippen LogP contribution is -2.23. The number of ether oxygens (including phenoxy) is 1. The third kappa shape index (κ3) is 3.72. The van der Waals surface area contributed by atoms with Crippen LogP contribution in [0.25, 0.3) is 0 Å². The number of pyridine rings is 1. The normalized spacial score (nSPS) is 10.2. The van der Waals surface area contributed by atoms with E-state index in [0.29, 0.717) is 12.1 Å². The number of nitrogen functional groups attached to an aromatic ring is 1. The molecule has 110 valence electrons. The zero-order valence-electron chi connectivity index (χ0n) is 12.2. The molecule has 2 N–H and O–H groups in total. The lowest BCUT2D eigenvalue weighted by atomic mass is 10.2. The lowest BCUT2D eigenvalue weighted by molar-refractivity contribution is 0.0600. The third-order valence-electron chi connectivity index (χ3n) is 3.20. The van der Waals surface area contributed by atoms with Crippen LogP contribution in [0.5, 0.6) is 0 Å². The van der Waals surface area contributed by atoms with Crippen LogP contribution >= 0.6 is 0 Å². The average Bonchev–Trinajstić information content (AvgIpc) is 2.52. The van der Waals surface area contributed by atoms with Gasteiger partial charge in [0.1, 0.15) is 5.82 Å². The van der Waals surface area contributed by atoms with E-state index in [0.717, 1.165) is 23.6 Å². The number of carbonyl (C=O) groups excluding carboxylic acids is 1. The summed E-state index contributed by atoms with van der Waals surface area (Å²) in [5.41, 5.74) is 8.13. The molecule has 0 radical (unpaired) electrons. The van der Waals surface area contributed by atoms with E-state index in [4.69, 9.17) is 10.5 Å². The molecule has 0 aliphatic carbocycles. The van der Waals surface area contributed by atoms with Crippen LogP contribution in [0.15, 0.2) is 42.6 Å². The molecule has 0 saturated heterocycles. The summed E-state index contributed by atoms with van der Waals surface area (Å²) in [5, 5.41) is 0. The van der Waals surface area contributed by atoms with Crippen molar-refractivity contribution in [1.29, 1.82) is 0 Å². The van der Waals surface area contributed by atoms with E-state index in [1.54, 1.807) is 18.3 Å². The average molecular weight is 285 g/mol. The van der Waals surface area contributed by atoms with Gasteiger partial charge in [0.15, 0.2) is 0 Å². The molecule has 0 aliphatic rings. The summed E-state index contributed by atoms with van der Waals surface area (Å²) in [6, 6.07) is 11.1. The Kier molecular flexibility index (Phi) is 4.77. The molecule has 0 atom stereocenters. The van der Waals surface area contributed by atoms with Crippen LogP contribution in [0, 0.1) is 0 Å². The highest BCUT2D eigenvalue weighted by molar-refractivity contribution is 5.90. The maximum atomic E-state index is 11.6. The number of anilines is 2. The van der Waals surface area contributed by atoms with Gasteiger partial charge in [-0.25, -0.2) is 9.78 Å². The molecule has 0 aliphatic heterocycles. The summed E-state index contributed by atoms with van der Waals surface area (Å²) in [7, 11) is 1.37. The van der Waals surface area contributed by atoms with Gasteiger partial charge < -0.3 is 15.4 Å². The van der Waals surface area contributed by atoms with Crippen molar-refractivity contribution in [2.45, 2.75) is 13.5 Å². The number of hydrogen-bond acceptors (Lipinski definition) is 5. The number of benzene rings is 1. The quantitative estimate of drug-likeness (QED) is 0.675. The van der Waals surface area contributed by atoms with Crippen molar-refractivity contribution < 1.29 is 9.53 Å². The molecule has 0 bridgehead atoms. The van der Waals surface area contributed by atoms with Gasteiger partial charge in [-0.3, -0.25) is 0 Å². The molecule has 0 amide bonds. The third-order valence-corrected chi connectivity index (χ3v) is 3.20. The van der Waals surface area contributed by atoms with Gasteiger partial charge in [-0.1, -0.05) is 12.1 Å². The fourth-order valence-electron chi connectivity index (χ4n) is 2.10. The van der Waals surface area contributed by atoms with Gasteiger partial charge in [0.25, 0.3) is 0 Å². The van der Waals surface area contributed by atoms with E-state index in [2.05, 4.69) is 9.88 Å². The second kappa shape index (κ2) is 6.74. The molecule has 1 aromatic carbocycles. The van der Waals surface area contributed by atoms with Gasteiger partial charge in [-0.05, 0) is 36.8 Å². The van der Waals surface area contributed by atoms with Crippen molar-refractivity contribution in [1.82, 2.24) is 4.98 Å². The van der Waals surface area contributed by atoms with Crippen molar-refractivity contribution in [2.24, 2.45) is 0 Å². The Balaban J connectivity index is 2.23. The first-order chi connectivity index (χ1) is 10.1. The van der Waals surface area contributed by atoms with Gasteiger partial charge >= 0.3 is 5.97 Å². The summed E-state index contributed by atoms with van der Waals surface area (Å²) in [6.45, 7) is 3.49. The van der Waals surface area contributed by atoms with E-state index in [1.807, 2.05) is 31.2 Å². The summed E-state index contributed by atoms with van der Waals surface area (Å²) in [4.78, 5) is 18.0. The van der Waals surface area contributed by atoms with Crippen molar-refractivity contribution >= 4 is 17.5 Å². The molecule has 0 unspecified atom stereocenters. The Bertz CT molecular complexity index is 628. The van der Waals surface area contributed by atoms with E-state index in [1.165, 1.54) is 7.11 Å². The molecular weight excluding hydrogens is 266 g/mol. The molecule has 0 spiro atoms. The molecule has 0 fully saturated rings. The molecule has 21 heavy (non-hydrogen) atoms. The van der Waals surface area contributed by atoms with Gasteiger partial charge in [0.05, 0.1) is 12.7 Å². The molecule has 1 aromatic heterocycles. The summed E-state index contributed by atoms with van der Waals surface area (Å²) >= 11 is 0. The first kappa shape index (κ1) is 14.8. The molecule has 0 saturated carbocycles. The van der Waals surface area contributed by atoms with Crippen LogP contribution < -0.4 is 10.6 Å². The second-order valence-corrected chi connectivity index (χ2v) is 4.65. The number of rotatable bonds is 5. The summed E-state index contributed by atoms with van der Waals surface area (Å²) in [6.07, 6.45) is 1.61. The first-order valence-corrected chi connectivity index (χ1v) is 6.77. The van der Waals surface area contributed by atoms with Crippen molar-refractivity contribution in [3.05, 3.63) is 53.7 Å². The summed E-state index contributed by atoms with van der Waals surface area (Å²) in [5.74, 6) is 0.376. The Hall–Kier alpha value is -2.56. The van der Waals surface area contributed by atoms with E-state index < -0.39 is 0 Å². The van der Waals surface area contributed by atoms with Crippen molar-refractivity contribution in [2.75, 3.05) is 24.3 Å². The zero-order valence-corrected chi connectivity index (χ0v) is 12.2. The predicted octanol–water partition coefficient (Wildman–Crippen LogP) is 2.48. The van der Waals surface area contributed by atoms with Crippen molar-refractivity contribution in [3.8, 4) is 0 Å². The molecule has 2 rings (SSSR count). The molecule has 5 nitrogen and oxygen atoms in total. The predicted molar refractivity (Wildman–Crippen MR) is 83.2 cm³/mol. The molecular formula is C16H19N3O2.